The maximum Gasteiger partial charge on any atom is 0.320 e. The lowest BCUT2D eigenvalue weighted by Crippen LogP contribution is -2.43. The van der Waals surface area contributed by atoms with Crippen LogP contribution in [0.25, 0.3) is 0 Å². The maximum atomic E-state index is 12.1. The molecule has 6 heteroatoms. The Balaban J connectivity index is 5.38. The van der Waals surface area contributed by atoms with Crippen molar-refractivity contribution in [2.45, 2.75) is 78.1 Å². The molecular formula is C20H38O5Si. The Morgan fingerprint density at radius 2 is 1.54 bits per heavy atom. The number of unbranched alkanes of at least 4 members (excludes halogenated alkanes) is 1. The molecule has 0 rings (SSSR count). The van der Waals surface area contributed by atoms with Crippen LogP contribution in [0, 0.1) is 11.8 Å². The van der Waals surface area contributed by atoms with E-state index < -0.39 is 26.2 Å². The van der Waals surface area contributed by atoms with E-state index in [-0.39, 0.29) is 17.1 Å². The Labute approximate surface area is 160 Å². The average molecular weight is 387 g/mol. The highest BCUT2D eigenvalue weighted by molar-refractivity contribution is 6.74. The first-order valence-corrected chi connectivity index (χ1v) is 12.3. The Hall–Kier alpha value is -1.14. The molecule has 152 valence electrons. The third-order valence-electron chi connectivity index (χ3n) is 5.15. The number of methoxy groups -OCH3 is 2. The summed E-state index contributed by atoms with van der Waals surface area (Å²) in [5.74, 6) is -2.31. The van der Waals surface area contributed by atoms with Gasteiger partial charge < -0.3 is 13.9 Å². The Kier molecular flexibility index (Phi) is 10.4. The zero-order valence-corrected chi connectivity index (χ0v) is 19.0. The van der Waals surface area contributed by atoms with Crippen molar-refractivity contribution in [3.05, 3.63) is 12.2 Å². The number of esters is 2. The van der Waals surface area contributed by atoms with Crippen LogP contribution in [0.4, 0.5) is 0 Å². The van der Waals surface area contributed by atoms with E-state index >= 15 is 0 Å². The molecule has 0 aliphatic rings. The van der Waals surface area contributed by atoms with E-state index in [0.717, 1.165) is 12.8 Å². The number of carbonyl (C=O) groups excluding carboxylic acids is 2. The molecule has 0 fully saturated rings. The van der Waals surface area contributed by atoms with Crippen molar-refractivity contribution in [3.63, 3.8) is 0 Å². The monoisotopic (exact) mass is 386 g/mol. The first-order chi connectivity index (χ1) is 11.9. The van der Waals surface area contributed by atoms with Gasteiger partial charge in [0.1, 0.15) is 0 Å². The second kappa shape index (κ2) is 10.9. The summed E-state index contributed by atoms with van der Waals surface area (Å²) in [6.07, 6.45) is 6.41. The molecule has 0 spiro atoms. The lowest BCUT2D eigenvalue weighted by molar-refractivity contribution is -0.160. The Morgan fingerprint density at radius 1 is 1.04 bits per heavy atom. The lowest BCUT2D eigenvalue weighted by atomic mass is 9.87. The fraction of sp³-hybridized carbons (Fsp3) is 0.800. The molecule has 0 bridgehead atoms. The molecule has 26 heavy (non-hydrogen) atoms. The SMILES string of the molecule is CCCC[C@@H](/C=C/[C@H](C)O[Si](C)(C)C(C)(C)C)C(C(=O)OC)C(=O)OC. The second-order valence-electron chi connectivity index (χ2n) is 8.30. The molecular weight excluding hydrogens is 348 g/mol. The van der Waals surface area contributed by atoms with Crippen LogP contribution in [0.3, 0.4) is 0 Å². The highest BCUT2D eigenvalue weighted by Crippen LogP contribution is 2.37. The summed E-state index contributed by atoms with van der Waals surface area (Å²) in [4.78, 5) is 24.3. The summed E-state index contributed by atoms with van der Waals surface area (Å²) in [5, 5.41) is 0.122. The largest absolute Gasteiger partial charge is 0.468 e. The minimum atomic E-state index is -1.88. The van der Waals surface area contributed by atoms with Gasteiger partial charge in [-0.25, -0.2) is 0 Å². The molecule has 0 aliphatic heterocycles. The van der Waals surface area contributed by atoms with Crippen molar-refractivity contribution in [2.24, 2.45) is 11.8 Å². The van der Waals surface area contributed by atoms with Crippen molar-refractivity contribution in [1.29, 1.82) is 0 Å². The fourth-order valence-corrected chi connectivity index (χ4v) is 3.86. The molecule has 0 aromatic heterocycles. The topological polar surface area (TPSA) is 61.8 Å². The number of hydrogen-bond donors (Lipinski definition) is 0. The van der Waals surface area contributed by atoms with Gasteiger partial charge in [0.05, 0.1) is 20.3 Å². The van der Waals surface area contributed by atoms with Crippen molar-refractivity contribution < 1.29 is 23.5 Å². The molecule has 0 unspecified atom stereocenters. The second-order valence-corrected chi connectivity index (χ2v) is 13.1. The first kappa shape index (κ1) is 24.9. The minimum absolute atomic E-state index is 0.0871. The number of hydrogen-bond acceptors (Lipinski definition) is 5. The van der Waals surface area contributed by atoms with E-state index in [1.165, 1.54) is 14.2 Å². The summed E-state index contributed by atoms with van der Waals surface area (Å²) in [6, 6.07) is 0. The Morgan fingerprint density at radius 3 is 1.92 bits per heavy atom. The summed E-state index contributed by atoms with van der Waals surface area (Å²) < 4.78 is 16.0. The van der Waals surface area contributed by atoms with Crippen molar-refractivity contribution in [1.82, 2.24) is 0 Å². The number of rotatable bonds is 10. The molecule has 2 atom stereocenters. The first-order valence-electron chi connectivity index (χ1n) is 9.43. The normalized spacial score (nSPS) is 15.2. The highest BCUT2D eigenvalue weighted by Gasteiger charge is 2.38. The van der Waals surface area contributed by atoms with Gasteiger partial charge in [0.2, 0.25) is 0 Å². The van der Waals surface area contributed by atoms with Gasteiger partial charge in [-0.1, -0.05) is 52.7 Å². The summed E-state index contributed by atoms with van der Waals surface area (Å²) >= 11 is 0. The average Bonchev–Trinajstić information content (AvgIpc) is 2.54. The zero-order chi connectivity index (χ0) is 20.5. The van der Waals surface area contributed by atoms with Gasteiger partial charge in [-0.2, -0.15) is 0 Å². The molecule has 0 saturated carbocycles. The van der Waals surface area contributed by atoms with E-state index in [4.69, 9.17) is 13.9 Å². The molecule has 0 aliphatic carbocycles. The predicted octanol–water partition coefficient (Wildman–Crippen LogP) is 4.72. The standard InChI is InChI=1S/C20H38O5Si/c1-10-11-12-16(17(18(21)23-6)19(22)24-7)14-13-15(2)25-26(8,9)20(3,4)5/h13-17H,10-12H2,1-9H3/b14-13+/t15-,16-/m0/s1. The van der Waals surface area contributed by atoms with Crippen LogP contribution in [0.15, 0.2) is 12.2 Å². The van der Waals surface area contributed by atoms with E-state index in [1.54, 1.807) is 0 Å². The molecule has 0 amide bonds. The summed E-state index contributed by atoms with van der Waals surface area (Å²) in [5.41, 5.74) is 0. The van der Waals surface area contributed by atoms with Gasteiger partial charge in [-0.15, -0.1) is 0 Å². The fourth-order valence-electron chi connectivity index (χ4n) is 2.49. The van der Waals surface area contributed by atoms with E-state index in [2.05, 4.69) is 40.8 Å². The smallest absolute Gasteiger partial charge is 0.320 e. The van der Waals surface area contributed by atoms with Gasteiger partial charge in [0.25, 0.3) is 0 Å². The lowest BCUT2D eigenvalue weighted by Gasteiger charge is -2.38. The van der Waals surface area contributed by atoms with E-state index in [1.807, 2.05) is 19.1 Å². The van der Waals surface area contributed by atoms with E-state index in [9.17, 15) is 9.59 Å². The third kappa shape index (κ3) is 7.62. The molecule has 0 radical (unpaired) electrons. The quantitative estimate of drug-likeness (QED) is 0.235. The maximum absolute atomic E-state index is 12.1. The van der Waals surface area contributed by atoms with Gasteiger partial charge in [-0.05, 0) is 31.5 Å². The van der Waals surface area contributed by atoms with Crippen LogP contribution in [0.2, 0.25) is 18.1 Å². The van der Waals surface area contributed by atoms with E-state index in [0.29, 0.717) is 6.42 Å². The molecule has 0 saturated heterocycles. The molecule has 0 aromatic rings. The van der Waals surface area contributed by atoms with Crippen LogP contribution in [0.1, 0.15) is 53.9 Å². The number of ether oxygens (including phenoxy) is 2. The van der Waals surface area contributed by atoms with Crippen LogP contribution < -0.4 is 0 Å². The third-order valence-corrected chi connectivity index (χ3v) is 9.72. The van der Waals surface area contributed by atoms with Crippen LogP contribution in [0.5, 0.6) is 0 Å². The zero-order valence-electron chi connectivity index (χ0n) is 18.0. The van der Waals surface area contributed by atoms with Crippen LogP contribution >= 0.6 is 0 Å². The Bertz CT molecular complexity index is 463. The van der Waals surface area contributed by atoms with Crippen molar-refractivity contribution in [2.75, 3.05) is 14.2 Å². The van der Waals surface area contributed by atoms with Gasteiger partial charge in [0.15, 0.2) is 14.2 Å². The predicted molar refractivity (Wildman–Crippen MR) is 107 cm³/mol. The molecule has 5 nitrogen and oxygen atoms in total. The van der Waals surface area contributed by atoms with Crippen LogP contribution in [-0.2, 0) is 23.5 Å². The minimum Gasteiger partial charge on any atom is -0.468 e. The van der Waals surface area contributed by atoms with Gasteiger partial charge in [-0.3, -0.25) is 9.59 Å². The highest BCUT2D eigenvalue weighted by atomic mass is 28.4. The molecule has 0 heterocycles. The summed E-state index contributed by atoms with van der Waals surface area (Å²) in [6.45, 7) is 15.1. The molecule has 0 aromatic carbocycles. The van der Waals surface area contributed by atoms with Crippen molar-refractivity contribution >= 4 is 20.3 Å². The summed E-state index contributed by atoms with van der Waals surface area (Å²) in [7, 11) is 0.703. The molecule has 0 N–H and O–H groups in total. The van der Waals surface area contributed by atoms with Gasteiger partial charge in [0, 0.05) is 5.92 Å². The van der Waals surface area contributed by atoms with Crippen LogP contribution in [-0.4, -0.2) is 40.6 Å². The number of allylic oxidation sites excluding steroid dienone is 1. The van der Waals surface area contributed by atoms with Gasteiger partial charge >= 0.3 is 11.9 Å². The van der Waals surface area contributed by atoms with Crippen molar-refractivity contribution in [3.8, 4) is 0 Å². The number of carbonyl (C=O) groups is 2.